The van der Waals surface area contributed by atoms with Gasteiger partial charge in [0.05, 0.1) is 5.56 Å². The Bertz CT molecular complexity index is 739. The molecule has 2 aromatic rings. The molecule has 2 aromatic carbocycles. The molecule has 0 saturated carbocycles. The van der Waals surface area contributed by atoms with Crippen LogP contribution in [-0.2, 0) is 6.61 Å². The fourth-order valence-electron chi connectivity index (χ4n) is 3.18. The summed E-state index contributed by atoms with van der Waals surface area (Å²) >= 11 is 6.18. The Kier molecular flexibility index (Phi) is 7.76. The molecule has 6 heteroatoms. The van der Waals surface area contributed by atoms with Crippen molar-refractivity contribution in [2.24, 2.45) is 5.92 Å². The van der Waals surface area contributed by atoms with Crippen molar-refractivity contribution in [3.05, 3.63) is 64.7 Å². The van der Waals surface area contributed by atoms with E-state index in [1.54, 1.807) is 0 Å². The van der Waals surface area contributed by atoms with Crippen LogP contribution < -0.4 is 10.1 Å². The maximum atomic E-state index is 12.9. The third-order valence-corrected chi connectivity index (χ3v) is 4.89. The zero-order chi connectivity index (χ0) is 17.6. The van der Waals surface area contributed by atoms with Crippen LogP contribution in [0.5, 0.6) is 5.75 Å². The zero-order valence-electron chi connectivity index (χ0n) is 14.8. The number of para-hydroxylation sites is 1. The molecule has 3 rings (SSSR count). The lowest BCUT2D eigenvalue weighted by Gasteiger charge is -2.19. The smallest absolute Gasteiger partial charge is 0.257 e. The Morgan fingerprint density at radius 1 is 1.23 bits per heavy atom. The lowest BCUT2D eigenvalue weighted by molar-refractivity contribution is 0.0782. The largest absolute Gasteiger partial charge is 0.488 e. The highest BCUT2D eigenvalue weighted by Gasteiger charge is 2.28. The molecule has 0 aliphatic carbocycles. The third-order valence-electron chi connectivity index (χ3n) is 4.52. The highest BCUT2D eigenvalue weighted by molar-refractivity contribution is 6.31. The predicted octanol–water partition coefficient (Wildman–Crippen LogP) is 4.02. The zero-order valence-corrected chi connectivity index (χ0v) is 16.4. The monoisotopic (exact) mass is 394 g/mol. The Labute approximate surface area is 165 Å². The summed E-state index contributed by atoms with van der Waals surface area (Å²) in [5.74, 6) is 1.16. The number of benzene rings is 2. The van der Waals surface area contributed by atoms with Gasteiger partial charge in [-0.25, -0.2) is 0 Å². The van der Waals surface area contributed by atoms with Crippen molar-refractivity contribution in [1.82, 2.24) is 10.2 Å². The van der Waals surface area contributed by atoms with Crippen molar-refractivity contribution in [3.63, 3.8) is 0 Å². The van der Waals surface area contributed by atoms with Crippen molar-refractivity contribution in [1.29, 1.82) is 0 Å². The van der Waals surface area contributed by atoms with Crippen molar-refractivity contribution >= 4 is 29.9 Å². The Morgan fingerprint density at radius 3 is 2.73 bits per heavy atom. The number of halogens is 2. The molecule has 1 fully saturated rings. The molecule has 26 heavy (non-hydrogen) atoms. The Balaban J connectivity index is 0.00000243. The highest BCUT2D eigenvalue weighted by Crippen LogP contribution is 2.25. The van der Waals surface area contributed by atoms with Crippen molar-refractivity contribution < 1.29 is 9.53 Å². The van der Waals surface area contributed by atoms with Gasteiger partial charge in [-0.3, -0.25) is 4.79 Å². The van der Waals surface area contributed by atoms with Gasteiger partial charge in [-0.1, -0.05) is 41.9 Å². The van der Waals surface area contributed by atoms with Crippen LogP contribution in [0.1, 0.15) is 22.3 Å². The molecule has 1 unspecified atom stereocenters. The molecule has 1 saturated heterocycles. The summed E-state index contributed by atoms with van der Waals surface area (Å²) in [6.45, 7) is 2.86. The first-order valence-corrected chi connectivity index (χ1v) is 8.96. The fourth-order valence-corrected chi connectivity index (χ4v) is 3.37. The molecule has 1 atom stereocenters. The SMILES string of the molecule is CNCC1CCN(C(=O)c2ccccc2OCc2ccccc2Cl)C1.Cl. The molecular weight excluding hydrogens is 371 g/mol. The summed E-state index contributed by atoms with van der Waals surface area (Å²) in [4.78, 5) is 14.8. The molecule has 0 spiro atoms. The van der Waals surface area contributed by atoms with E-state index < -0.39 is 0 Å². The van der Waals surface area contributed by atoms with Crippen LogP contribution in [0.3, 0.4) is 0 Å². The quantitative estimate of drug-likeness (QED) is 0.803. The number of nitrogens with zero attached hydrogens (tertiary/aromatic N) is 1. The number of likely N-dealkylation sites (tertiary alicyclic amines) is 1. The molecule has 0 aromatic heterocycles. The first-order valence-electron chi connectivity index (χ1n) is 8.58. The van der Waals surface area contributed by atoms with Crippen molar-refractivity contribution in [2.75, 3.05) is 26.7 Å². The molecule has 0 bridgehead atoms. The second-order valence-electron chi connectivity index (χ2n) is 6.34. The number of rotatable bonds is 6. The van der Waals surface area contributed by atoms with E-state index in [0.29, 0.717) is 28.9 Å². The van der Waals surface area contributed by atoms with Gasteiger partial charge >= 0.3 is 0 Å². The van der Waals surface area contributed by atoms with Gasteiger partial charge in [-0.2, -0.15) is 0 Å². The lowest BCUT2D eigenvalue weighted by atomic mass is 10.1. The average molecular weight is 395 g/mol. The van der Waals surface area contributed by atoms with E-state index in [1.807, 2.05) is 60.5 Å². The van der Waals surface area contributed by atoms with E-state index in [1.165, 1.54) is 0 Å². The number of hydrogen-bond donors (Lipinski definition) is 1. The van der Waals surface area contributed by atoms with Gasteiger partial charge in [-0.15, -0.1) is 12.4 Å². The molecular formula is C20H24Cl2N2O2. The second kappa shape index (κ2) is 9.81. The van der Waals surface area contributed by atoms with Gasteiger partial charge in [0.15, 0.2) is 0 Å². The summed E-state index contributed by atoms with van der Waals surface area (Å²) in [5, 5.41) is 3.86. The molecule has 1 aliphatic heterocycles. The summed E-state index contributed by atoms with van der Waals surface area (Å²) in [6.07, 6.45) is 1.04. The topological polar surface area (TPSA) is 41.6 Å². The molecule has 1 amide bonds. The van der Waals surface area contributed by atoms with Crippen LogP contribution >= 0.6 is 24.0 Å². The fraction of sp³-hybridized carbons (Fsp3) is 0.350. The maximum Gasteiger partial charge on any atom is 0.257 e. The van der Waals surface area contributed by atoms with E-state index in [2.05, 4.69) is 5.32 Å². The minimum atomic E-state index is 0. The Hall–Kier alpha value is -1.75. The summed E-state index contributed by atoms with van der Waals surface area (Å²) in [7, 11) is 1.95. The van der Waals surface area contributed by atoms with Gasteiger partial charge in [-0.05, 0) is 44.1 Å². The summed E-state index contributed by atoms with van der Waals surface area (Å²) < 4.78 is 5.91. The van der Waals surface area contributed by atoms with E-state index >= 15 is 0 Å². The first-order chi connectivity index (χ1) is 12.2. The highest BCUT2D eigenvalue weighted by atomic mass is 35.5. The molecule has 0 radical (unpaired) electrons. The van der Waals surface area contributed by atoms with Crippen LogP contribution in [-0.4, -0.2) is 37.5 Å². The van der Waals surface area contributed by atoms with Crippen molar-refractivity contribution in [2.45, 2.75) is 13.0 Å². The van der Waals surface area contributed by atoms with Gasteiger partial charge in [0.1, 0.15) is 12.4 Å². The number of carbonyl (C=O) groups is 1. The lowest BCUT2D eigenvalue weighted by Crippen LogP contribution is -2.30. The van der Waals surface area contributed by atoms with Gasteiger partial charge in [0, 0.05) is 23.7 Å². The standard InChI is InChI=1S/C20H23ClN2O2.ClH/c1-22-12-15-10-11-23(13-15)20(24)17-7-3-5-9-19(17)25-14-16-6-2-4-8-18(16)21;/h2-9,15,22H,10-14H2,1H3;1H. The van der Waals surface area contributed by atoms with Crippen LogP contribution in [0.15, 0.2) is 48.5 Å². The number of amides is 1. The third kappa shape index (κ3) is 4.91. The van der Waals surface area contributed by atoms with Crippen LogP contribution in [0.4, 0.5) is 0 Å². The van der Waals surface area contributed by atoms with Gasteiger partial charge in [0.25, 0.3) is 5.91 Å². The van der Waals surface area contributed by atoms with E-state index in [-0.39, 0.29) is 18.3 Å². The van der Waals surface area contributed by atoms with E-state index in [0.717, 1.165) is 31.6 Å². The normalized spacial score (nSPS) is 16.2. The number of nitrogens with one attached hydrogen (secondary N) is 1. The van der Waals surface area contributed by atoms with Crippen LogP contribution in [0, 0.1) is 5.92 Å². The molecule has 4 nitrogen and oxygen atoms in total. The molecule has 1 aliphatic rings. The number of hydrogen-bond acceptors (Lipinski definition) is 3. The first kappa shape index (κ1) is 20.6. The minimum absolute atomic E-state index is 0. The molecule has 1 heterocycles. The maximum absolute atomic E-state index is 12.9. The molecule has 140 valence electrons. The average Bonchev–Trinajstić information content (AvgIpc) is 3.10. The number of ether oxygens (including phenoxy) is 1. The summed E-state index contributed by atoms with van der Waals surface area (Å²) in [5.41, 5.74) is 1.52. The van der Waals surface area contributed by atoms with Crippen LogP contribution in [0.2, 0.25) is 5.02 Å². The van der Waals surface area contributed by atoms with Crippen LogP contribution in [0.25, 0.3) is 0 Å². The van der Waals surface area contributed by atoms with Crippen molar-refractivity contribution in [3.8, 4) is 5.75 Å². The predicted molar refractivity (Wildman–Crippen MR) is 107 cm³/mol. The van der Waals surface area contributed by atoms with Gasteiger partial charge < -0.3 is 15.0 Å². The summed E-state index contributed by atoms with van der Waals surface area (Å²) in [6, 6.07) is 15.0. The minimum Gasteiger partial charge on any atom is -0.488 e. The van der Waals surface area contributed by atoms with E-state index in [4.69, 9.17) is 16.3 Å². The molecule has 1 N–H and O–H groups in total. The number of carbonyl (C=O) groups excluding carboxylic acids is 1. The van der Waals surface area contributed by atoms with E-state index in [9.17, 15) is 4.79 Å². The second-order valence-corrected chi connectivity index (χ2v) is 6.75. The van der Waals surface area contributed by atoms with Gasteiger partial charge in [0.2, 0.25) is 0 Å². The Morgan fingerprint density at radius 2 is 1.96 bits per heavy atom.